The fourth-order valence-corrected chi connectivity index (χ4v) is 3.52. The van der Waals surface area contributed by atoms with E-state index in [9.17, 15) is 4.79 Å². The highest BCUT2D eigenvalue weighted by Gasteiger charge is 2.22. The second-order valence-electron chi connectivity index (χ2n) is 5.20. The van der Waals surface area contributed by atoms with Crippen LogP contribution in [0.3, 0.4) is 0 Å². The van der Waals surface area contributed by atoms with E-state index >= 15 is 0 Å². The minimum absolute atomic E-state index is 0.468. The van der Waals surface area contributed by atoms with Gasteiger partial charge in [0.15, 0.2) is 6.29 Å². The average Bonchev–Trinajstić information content (AvgIpc) is 2.90. The van der Waals surface area contributed by atoms with Crippen molar-refractivity contribution in [3.63, 3.8) is 0 Å². The van der Waals surface area contributed by atoms with Crippen molar-refractivity contribution in [2.24, 2.45) is 5.73 Å². The first-order chi connectivity index (χ1) is 10.2. The van der Waals surface area contributed by atoms with Gasteiger partial charge in [0.1, 0.15) is 10.6 Å². The van der Waals surface area contributed by atoms with Gasteiger partial charge in [-0.05, 0) is 39.1 Å². The van der Waals surface area contributed by atoms with Crippen molar-refractivity contribution in [3.8, 4) is 0 Å². The summed E-state index contributed by atoms with van der Waals surface area (Å²) in [5, 5.41) is 4.56. The van der Waals surface area contributed by atoms with Gasteiger partial charge in [-0.1, -0.05) is 0 Å². The van der Waals surface area contributed by atoms with E-state index in [0.29, 0.717) is 12.1 Å². The molecule has 0 bridgehead atoms. The molecule has 5 nitrogen and oxygen atoms in total. The highest BCUT2D eigenvalue weighted by molar-refractivity contribution is 7.20. The summed E-state index contributed by atoms with van der Waals surface area (Å²) in [7, 11) is 1.50. The molecule has 1 aliphatic rings. The van der Waals surface area contributed by atoms with Gasteiger partial charge in [-0.2, -0.15) is 0 Å². The second-order valence-corrected chi connectivity index (χ2v) is 6.27. The maximum Gasteiger partial charge on any atom is 0.160 e. The van der Waals surface area contributed by atoms with Gasteiger partial charge < -0.3 is 16.0 Å². The number of carbonyl (C=O) groups excluding carboxylic acids is 1. The highest BCUT2D eigenvalue weighted by Crippen LogP contribution is 2.26. The third kappa shape index (κ3) is 3.58. The lowest BCUT2D eigenvalue weighted by molar-refractivity contribution is 0.112. The minimum atomic E-state index is 0.468. The Morgan fingerprint density at radius 3 is 2.62 bits per heavy atom. The average molecular weight is 306 g/mol. The summed E-state index contributed by atoms with van der Waals surface area (Å²) < 4.78 is 0. The zero-order valence-corrected chi connectivity index (χ0v) is 13.5. The molecule has 2 aromatic heterocycles. The molecule has 0 radical (unpaired) electrons. The Labute approximate surface area is 129 Å². The van der Waals surface area contributed by atoms with Crippen LogP contribution in [0.2, 0.25) is 0 Å². The normalized spacial score (nSPS) is 21.8. The zero-order chi connectivity index (χ0) is 15.4. The van der Waals surface area contributed by atoms with Crippen molar-refractivity contribution < 1.29 is 4.79 Å². The number of fused-ring (bicyclic) bond motifs is 1. The van der Waals surface area contributed by atoms with Gasteiger partial charge in [-0.25, -0.2) is 4.98 Å². The van der Waals surface area contributed by atoms with Gasteiger partial charge in [-0.15, -0.1) is 11.3 Å². The molecule has 1 aliphatic heterocycles. The molecule has 6 heteroatoms. The first kappa shape index (κ1) is 15.9. The van der Waals surface area contributed by atoms with E-state index in [1.165, 1.54) is 18.4 Å². The summed E-state index contributed by atoms with van der Waals surface area (Å²) in [6.07, 6.45) is 0.890. The third-order valence-electron chi connectivity index (χ3n) is 3.38. The molecule has 1 saturated heterocycles. The molecule has 3 heterocycles. The molecule has 0 aliphatic carbocycles. The number of thiophene rings is 1. The molecule has 0 aromatic carbocycles. The van der Waals surface area contributed by atoms with E-state index in [-0.39, 0.29) is 0 Å². The first-order valence-corrected chi connectivity index (χ1v) is 7.92. The SMILES string of the molecule is CC1CN(c2ccc3cc(C=O)sc3n2)CC(C)N1.CN. The van der Waals surface area contributed by atoms with Gasteiger partial charge in [-0.3, -0.25) is 4.79 Å². The van der Waals surface area contributed by atoms with E-state index in [1.807, 2.05) is 12.1 Å². The molecule has 114 valence electrons. The van der Waals surface area contributed by atoms with Crippen LogP contribution < -0.4 is 16.0 Å². The van der Waals surface area contributed by atoms with Crippen LogP contribution in [0, 0.1) is 0 Å². The van der Waals surface area contributed by atoms with Crippen LogP contribution in [-0.2, 0) is 0 Å². The molecular weight excluding hydrogens is 284 g/mol. The number of nitrogens with one attached hydrogen (secondary N) is 1. The number of piperazine rings is 1. The largest absolute Gasteiger partial charge is 0.353 e. The standard InChI is InChI=1S/C14H17N3OS.CH5N/c1-9-6-17(7-10(2)15-9)13-4-3-11-5-12(8-18)19-14(11)16-13;1-2/h3-5,8-10,15H,6-7H2,1-2H3;2H2,1H3. The second kappa shape index (κ2) is 6.98. The molecule has 2 atom stereocenters. The van der Waals surface area contributed by atoms with E-state index in [2.05, 4.69) is 35.9 Å². The number of rotatable bonds is 2. The van der Waals surface area contributed by atoms with Crippen LogP contribution in [0.5, 0.6) is 0 Å². The fourth-order valence-electron chi connectivity index (χ4n) is 2.68. The molecule has 3 rings (SSSR count). The van der Waals surface area contributed by atoms with Crippen molar-refractivity contribution in [2.75, 3.05) is 25.0 Å². The Morgan fingerprint density at radius 1 is 1.33 bits per heavy atom. The zero-order valence-electron chi connectivity index (χ0n) is 12.7. The molecule has 0 amide bonds. The van der Waals surface area contributed by atoms with Crippen molar-refractivity contribution in [3.05, 3.63) is 23.1 Å². The van der Waals surface area contributed by atoms with Crippen LogP contribution in [0.15, 0.2) is 18.2 Å². The Balaban J connectivity index is 0.000000774. The number of nitrogens with two attached hydrogens (primary N) is 1. The lowest BCUT2D eigenvalue weighted by atomic mass is 10.1. The number of hydrogen-bond donors (Lipinski definition) is 2. The molecule has 21 heavy (non-hydrogen) atoms. The topological polar surface area (TPSA) is 71.2 Å². The Hall–Kier alpha value is -1.50. The number of aromatic nitrogens is 1. The predicted octanol–water partition coefficient (Wildman–Crippen LogP) is 1.87. The Kier molecular flexibility index (Phi) is 5.27. The van der Waals surface area contributed by atoms with Crippen LogP contribution in [0.4, 0.5) is 5.82 Å². The number of aldehydes is 1. The number of nitrogens with zero attached hydrogens (tertiary/aromatic N) is 2. The highest BCUT2D eigenvalue weighted by atomic mass is 32.1. The molecule has 0 spiro atoms. The molecule has 2 unspecified atom stereocenters. The maximum absolute atomic E-state index is 10.8. The van der Waals surface area contributed by atoms with E-state index < -0.39 is 0 Å². The summed E-state index contributed by atoms with van der Waals surface area (Å²) in [5.74, 6) is 1.01. The van der Waals surface area contributed by atoms with E-state index in [4.69, 9.17) is 4.98 Å². The van der Waals surface area contributed by atoms with Crippen molar-refractivity contribution >= 4 is 33.7 Å². The summed E-state index contributed by atoms with van der Waals surface area (Å²) in [5.41, 5.74) is 4.50. The van der Waals surface area contributed by atoms with Gasteiger partial charge in [0.2, 0.25) is 0 Å². The van der Waals surface area contributed by atoms with Gasteiger partial charge in [0, 0.05) is 30.6 Å². The van der Waals surface area contributed by atoms with E-state index in [0.717, 1.165) is 40.3 Å². The van der Waals surface area contributed by atoms with Crippen molar-refractivity contribution in [1.82, 2.24) is 10.3 Å². The molecule has 3 N–H and O–H groups in total. The molecular formula is C15H22N4OS. The lowest BCUT2D eigenvalue weighted by Crippen LogP contribution is -2.54. The van der Waals surface area contributed by atoms with Gasteiger partial charge in [0.05, 0.1) is 4.88 Å². The monoisotopic (exact) mass is 306 g/mol. The summed E-state index contributed by atoms with van der Waals surface area (Å²) in [6, 6.07) is 6.94. The van der Waals surface area contributed by atoms with Crippen LogP contribution in [-0.4, -0.2) is 43.5 Å². The lowest BCUT2D eigenvalue weighted by Gasteiger charge is -2.36. The smallest absolute Gasteiger partial charge is 0.160 e. The minimum Gasteiger partial charge on any atom is -0.353 e. The molecule has 0 saturated carbocycles. The fraction of sp³-hybridized carbons (Fsp3) is 0.467. The number of anilines is 1. The Bertz CT molecular complexity index is 603. The van der Waals surface area contributed by atoms with Crippen molar-refractivity contribution in [1.29, 1.82) is 0 Å². The summed E-state index contributed by atoms with van der Waals surface area (Å²) >= 11 is 1.46. The predicted molar refractivity (Wildman–Crippen MR) is 89.4 cm³/mol. The van der Waals surface area contributed by atoms with Crippen molar-refractivity contribution in [2.45, 2.75) is 25.9 Å². The third-order valence-corrected chi connectivity index (χ3v) is 4.36. The van der Waals surface area contributed by atoms with Crippen LogP contribution in [0.1, 0.15) is 23.5 Å². The number of pyridine rings is 1. The van der Waals surface area contributed by atoms with Gasteiger partial charge in [0.25, 0.3) is 0 Å². The maximum atomic E-state index is 10.8. The number of carbonyl (C=O) groups is 1. The first-order valence-electron chi connectivity index (χ1n) is 7.10. The Morgan fingerprint density at radius 2 is 2.00 bits per heavy atom. The van der Waals surface area contributed by atoms with Crippen LogP contribution in [0.25, 0.3) is 10.2 Å². The summed E-state index contributed by atoms with van der Waals surface area (Å²) in [6.45, 7) is 6.32. The molecule has 2 aromatic rings. The summed E-state index contributed by atoms with van der Waals surface area (Å²) in [4.78, 5) is 19.5. The number of hydrogen-bond acceptors (Lipinski definition) is 6. The molecule has 1 fully saturated rings. The van der Waals surface area contributed by atoms with Crippen LogP contribution >= 0.6 is 11.3 Å². The van der Waals surface area contributed by atoms with E-state index in [1.54, 1.807) is 0 Å². The quantitative estimate of drug-likeness (QED) is 0.829. The van der Waals surface area contributed by atoms with Gasteiger partial charge >= 0.3 is 0 Å².